The largest absolute Gasteiger partial charge is 0.328 e. The maximum absolute atomic E-state index is 5.90. The van der Waals surface area contributed by atoms with Gasteiger partial charge < -0.3 is 5.73 Å². The molecule has 0 aromatic carbocycles. The van der Waals surface area contributed by atoms with Gasteiger partial charge in [0, 0.05) is 18.4 Å². The van der Waals surface area contributed by atoms with Crippen LogP contribution in [0.5, 0.6) is 0 Å². The molecule has 0 amide bonds. The highest BCUT2D eigenvalue weighted by atomic mass is 15.4. The molecule has 2 aliphatic rings. The normalized spacial score (nSPS) is 26.5. The van der Waals surface area contributed by atoms with Crippen LogP contribution in [0, 0.1) is 0 Å². The van der Waals surface area contributed by atoms with Gasteiger partial charge in [0.1, 0.15) is 5.82 Å². The maximum atomic E-state index is 5.90. The highest BCUT2D eigenvalue weighted by molar-refractivity contribution is 5.08. The van der Waals surface area contributed by atoms with Gasteiger partial charge in [-0.05, 0) is 39.0 Å². The topological polar surface area (TPSA) is 56.7 Å². The van der Waals surface area contributed by atoms with Crippen molar-refractivity contribution in [2.45, 2.75) is 63.5 Å². The summed E-state index contributed by atoms with van der Waals surface area (Å²) >= 11 is 0. The van der Waals surface area contributed by atoms with E-state index in [4.69, 9.17) is 10.8 Å². The molecule has 2 atom stereocenters. The predicted molar refractivity (Wildman–Crippen MR) is 62.2 cm³/mol. The first-order valence-electron chi connectivity index (χ1n) is 6.45. The van der Waals surface area contributed by atoms with Gasteiger partial charge in [0.2, 0.25) is 0 Å². The Morgan fingerprint density at radius 1 is 1.44 bits per heavy atom. The minimum atomic E-state index is 0.254. The Labute approximate surface area is 96.2 Å². The Hall–Kier alpha value is -0.900. The van der Waals surface area contributed by atoms with E-state index in [1.807, 2.05) is 0 Å². The molecule has 3 rings (SSSR count). The van der Waals surface area contributed by atoms with Crippen LogP contribution in [0.3, 0.4) is 0 Å². The van der Waals surface area contributed by atoms with Crippen molar-refractivity contribution >= 4 is 0 Å². The number of aromatic nitrogens is 3. The van der Waals surface area contributed by atoms with Gasteiger partial charge in [-0.1, -0.05) is 0 Å². The van der Waals surface area contributed by atoms with Crippen molar-refractivity contribution in [3.05, 3.63) is 11.6 Å². The van der Waals surface area contributed by atoms with Crippen LogP contribution in [0.1, 0.15) is 62.6 Å². The molecule has 1 fully saturated rings. The molecule has 1 aromatic rings. The van der Waals surface area contributed by atoms with Crippen molar-refractivity contribution in [1.82, 2.24) is 14.8 Å². The fourth-order valence-electron chi connectivity index (χ4n) is 2.62. The molecule has 1 aliphatic heterocycles. The molecule has 2 heterocycles. The minimum Gasteiger partial charge on any atom is -0.328 e. The second kappa shape index (κ2) is 3.84. The Morgan fingerprint density at radius 2 is 2.25 bits per heavy atom. The van der Waals surface area contributed by atoms with Gasteiger partial charge in [0.25, 0.3) is 0 Å². The van der Waals surface area contributed by atoms with E-state index in [0.29, 0.717) is 12.0 Å². The predicted octanol–water partition coefficient (Wildman–Crippen LogP) is 1.77. The molecule has 1 saturated carbocycles. The Kier molecular flexibility index (Phi) is 2.46. The zero-order valence-corrected chi connectivity index (χ0v) is 9.89. The Balaban J connectivity index is 1.85. The molecule has 16 heavy (non-hydrogen) atoms. The van der Waals surface area contributed by atoms with Gasteiger partial charge in [-0.25, -0.2) is 9.67 Å². The molecule has 0 bridgehead atoms. The lowest BCUT2D eigenvalue weighted by Crippen LogP contribution is -2.26. The summed E-state index contributed by atoms with van der Waals surface area (Å²) in [5.74, 6) is 2.94. The highest BCUT2D eigenvalue weighted by Gasteiger charge is 2.31. The first-order chi connectivity index (χ1) is 7.74. The van der Waals surface area contributed by atoms with Crippen LogP contribution < -0.4 is 5.73 Å². The van der Waals surface area contributed by atoms with Crippen molar-refractivity contribution in [1.29, 1.82) is 0 Å². The number of hydrogen-bond donors (Lipinski definition) is 1. The molecule has 88 valence electrons. The summed E-state index contributed by atoms with van der Waals surface area (Å²) in [7, 11) is 0. The van der Waals surface area contributed by atoms with Gasteiger partial charge in [-0.3, -0.25) is 0 Å². The summed E-state index contributed by atoms with van der Waals surface area (Å²) in [6, 6.07) is 0.744. The summed E-state index contributed by atoms with van der Waals surface area (Å²) in [6.07, 6.45) is 7.13. The molecule has 0 saturated heterocycles. The Morgan fingerprint density at radius 3 is 2.94 bits per heavy atom. The van der Waals surface area contributed by atoms with Crippen molar-refractivity contribution < 1.29 is 0 Å². The van der Waals surface area contributed by atoms with Crippen LogP contribution in [0.15, 0.2) is 0 Å². The monoisotopic (exact) mass is 220 g/mol. The van der Waals surface area contributed by atoms with E-state index in [1.165, 1.54) is 31.5 Å². The maximum Gasteiger partial charge on any atom is 0.154 e. The van der Waals surface area contributed by atoms with Gasteiger partial charge in [-0.2, -0.15) is 5.10 Å². The third-order valence-electron chi connectivity index (χ3n) is 3.59. The van der Waals surface area contributed by atoms with Crippen LogP contribution >= 0.6 is 0 Å². The first-order valence-corrected chi connectivity index (χ1v) is 6.45. The number of aryl methyl sites for hydroxylation is 1. The molecule has 4 nitrogen and oxygen atoms in total. The molecule has 1 aromatic heterocycles. The molecule has 2 unspecified atom stereocenters. The number of fused-ring (bicyclic) bond motifs is 1. The fraction of sp³-hybridized carbons (Fsp3) is 0.833. The van der Waals surface area contributed by atoms with E-state index < -0.39 is 0 Å². The van der Waals surface area contributed by atoms with E-state index in [-0.39, 0.29) is 6.04 Å². The molecule has 0 spiro atoms. The van der Waals surface area contributed by atoms with Crippen LogP contribution in [-0.4, -0.2) is 20.8 Å². The highest BCUT2D eigenvalue weighted by Crippen LogP contribution is 2.39. The van der Waals surface area contributed by atoms with Crippen LogP contribution in [0.4, 0.5) is 0 Å². The van der Waals surface area contributed by atoms with E-state index in [1.54, 1.807) is 0 Å². The van der Waals surface area contributed by atoms with Gasteiger partial charge in [0.05, 0.1) is 6.04 Å². The third kappa shape index (κ3) is 1.86. The number of hydrogen-bond acceptors (Lipinski definition) is 3. The van der Waals surface area contributed by atoms with E-state index in [9.17, 15) is 0 Å². The molecule has 2 N–H and O–H groups in total. The summed E-state index contributed by atoms with van der Waals surface area (Å²) in [5, 5.41) is 4.70. The van der Waals surface area contributed by atoms with Gasteiger partial charge in [-0.15, -0.1) is 0 Å². The minimum absolute atomic E-state index is 0.254. The van der Waals surface area contributed by atoms with Crippen molar-refractivity contribution in [2.75, 3.05) is 0 Å². The third-order valence-corrected chi connectivity index (χ3v) is 3.59. The lowest BCUT2D eigenvalue weighted by molar-refractivity contribution is 0.326. The summed E-state index contributed by atoms with van der Waals surface area (Å²) < 4.78 is 2.17. The summed E-state index contributed by atoms with van der Waals surface area (Å²) in [4.78, 5) is 4.68. The number of rotatable bonds is 3. The van der Waals surface area contributed by atoms with E-state index >= 15 is 0 Å². The number of nitrogens with two attached hydrogens (primary N) is 1. The van der Waals surface area contributed by atoms with E-state index in [2.05, 4.69) is 16.6 Å². The van der Waals surface area contributed by atoms with Gasteiger partial charge in [0.15, 0.2) is 5.82 Å². The molecule has 0 radical (unpaired) electrons. The Bertz CT molecular complexity index is 378. The first kappa shape index (κ1) is 10.3. The lowest BCUT2D eigenvalue weighted by Gasteiger charge is -2.24. The zero-order chi connectivity index (χ0) is 11.1. The average molecular weight is 220 g/mol. The zero-order valence-electron chi connectivity index (χ0n) is 9.89. The SMILES string of the molecule is CC(N)CC1CCCc2nc(C3CC3)nn21. The van der Waals surface area contributed by atoms with Crippen LogP contribution in [0.25, 0.3) is 0 Å². The second-order valence-corrected chi connectivity index (χ2v) is 5.36. The van der Waals surface area contributed by atoms with Crippen LogP contribution in [-0.2, 0) is 6.42 Å². The summed E-state index contributed by atoms with van der Waals surface area (Å²) in [6.45, 7) is 2.08. The van der Waals surface area contributed by atoms with Crippen molar-refractivity contribution in [3.8, 4) is 0 Å². The second-order valence-electron chi connectivity index (χ2n) is 5.36. The molecule has 1 aliphatic carbocycles. The molecular formula is C12H20N4. The summed E-state index contributed by atoms with van der Waals surface area (Å²) in [5.41, 5.74) is 5.90. The van der Waals surface area contributed by atoms with E-state index in [0.717, 1.165) is 18.7 Å². The van der Waals surface area contributed by atoms with Gasteiger partial charge >= 0.3 is 0 Å². The quantitative estimate of drug-likeness (QED) is 0.844. The van der Waals surface area contributed by atoms with Crippen LogP contribution in [0.2, 0.25) is 0 Å². The fourth-order valence-corrected chi connectivity index (χ4v) is 2.62. The lowest BCUT2D eigenvalue weighted by atomic mass is 9.99. The van der Waals surface area contributed by atoms with Crippen molar-refractivity contribution in [2.24, 2.45) is 5.73 Å². The smallest absolute Gasteiger partial charge is 0.154 e. The number of nitrogens with zero attached hydrogens (tertiary/aromatic N) is 3. The average Bonchev–Trinajstić information content (AvgIpc) is 2.98. The molecule has 4 heteroatoms. The molecular weight excluding hydrogens is 200 g/mol. The standard InChI is InChI=1S/C12H20N4/c1-8(13)7-10-3-2-4-11-14-12(9-5-6-9)15-16(10)11/h8-10H,2-7,13H2,1H3. The van der Waals surface area contributed by atoms with Crippen molar-refractivity contribution in [3.63, 3.8) is 0 Å².